The maximum Gasteiger partial charge on any atom is 0.158 e. The molecule has 1 rings (SSSR count). The summed E-state index contributed by atoms with van der Waals surface area (Å²) < 4.78 is 0. The lowest BCUT2D eigenvalue weighted by Gasteiger charge is -2.10. The molecule has 5 nitrogen and oxygen atoms in total. The number of rotatable bonds is 4. The standard InChI is InChI=1S/C9H13N5/c1-14(2)4-3-11-9-7-12-8(5-10)6-13-9/h6-7H,3-4H2,1-2H3,(H,11,13). The number of nitriles is 1. The van der Waals surface area contributed by atoms with Gasteiger partial charge in [-0.2, -0.15) is 5.26 Å². The van der Waals surface area contributed by atoms with E-state index in [-0.39, 0.29) is 0 Å². The SMILES string of the molecule is CN(C)CCNc1cnc(C#N)cn1. The van der Waals surface area contributed by atoms with Gasteiger partial charge in [-0.05, 0) is 14.1 Å². The molecule has 0 unspecified atom stereocenters. The van der Waals surface area contributed by atoms with Crippen molar-refractivity contribution < 1.29 is 0 Å². The molecule has 1 aromatic heterocycles. The molecule has 0 amide bonds. The normalized spacial score (nSPS) is 9.86. The lowest BCUT2D eigenvalue weighted by atomic mass is 10.5. The van der Waals surface area contributed by atoms with Crippen molar-refractivity contribution in [2.75, 3.05) is 32.5 Å². The highest BCUT2D eigenvalue weighted by atomic mass is 15.1. The van der Waals surface area contributed by atoms with E-state index in [4.69, 9.17) is 5.26 Å². The summed E-state index contributed by atoms with van der Waals surface area (Å²) in [5.41, 5.74) is 0.336. The predicted molar refractivity (Wildman–Crippen MR) is 53.8 cm³/mol. The van der Waals surface area contributed by atoms with Gasteiger partial charge in [-0.3, -0.25) is 0 Å². The van der Waals surface area contributed by atoms with Crippen LogP contribution in [-0.4, -0.2) is 42.1 Å². The highest BCUT2D eigenvalue weighted by Gasteiger charge is 1.95. The minimum Gasteiger partial charge on any atom is -0.368 e. The van der Waals surface area contributed by atoms with E-state index >= 15 is 0 Å². The molecule has 0 aromatic carbocycles. The van der Waals surface area contributed by atoms with Crippen molar-refractivity contribution in [3.63, 3.8) is 0 Å². The first-order chi connectivity index (χ1) is 6.72. The minimum atomic E-state index is 0.336. The summed E-state index contributed by atoms with van der Waals surface area (Å²) in [5.74, 6) is 0.700. The number of hydrogen-bond acceptors (Lipinski definition) is 5. The van der Waals surface area contributed by atoms with Crippen LogP contribution in [0.1, 0.15) is 5.69 Å². The topological polar surface area (TPSA) is 64.8 Å². The summed E-state index contributed by atoms with van der Waals surface area (Å²) in [7, 11) is 4.01. The third-order valence-electron chi connectivity index (χ3n) is 1.63. The zero-order chi connectivity index (χ0) is 10.4. The lowest BCUT2D eigenvalue weighted by molar-refractivity contribution is 0.425. The first kappa shape index (κ1) is 10.4. The number of aromatic nitrogens is 2. The lowest BCUT2D eigenvalue weighted by Crippen LogP contribution is -2.21. The molecule has 1 N–H and O–H groups in total. The van der Waals surface area contributed by atoms with E-state index in [0.717, 1.165) is 13.1 Å². The van der Waals surface area contributed by atoms with Gasteiger partial charge in [-0.25, -0.2) is 9.97 Å². The van der Waals surface area contributed by atoms with Crippen LogP contribution in [0.3, 0.4) is 0 Å². The van der Waals surface area contributed by atoms with E-state index < -0.39 is 0 Å². The summed E-state index contributed by atoms with van der Waals surface area (Å²) >= 11 is 0. The van der Waals surface area contributed by atoms with Crippen molar-refractivity contribution in [3.05, 3.63) is 18.1 Å². The van der Waals surface area contributed by atoms with Crippen molar-refractivity contribution in [1.82, 2.24) is 14.9 Å². The Morgan fingerprint density at radius 2 is 2.21 bits per heavy atom. The van der Waals surface area contributed by atoms with Crippen LogP contribution >= 0.6 is 0 Å². The maximum absolute atomic E-state index is 8.50. The molecule has 0 aliphatic rings. The molecule has 0 radical (unpaired) electrons. The van der Waals surface area contributed by atoms with E-state index in [2.05, 4.69) is 20.2 Å². The van der Waals surface area contributed by atoms with Crippen LogP contribution in [0, 0.1) is 11.3 Å². The van der Waals surface area contributed by atoms with E-state index in [0.29, 0.717) is 11.5 Å². The Balaban J connectivity index is 2.41. The average molecular weight is 191 g/mol. The molecule has 0 atom stereocenters. The van der Waals surface area contributed by atoms with Crippen LogP contribution in [0.5, 0.6) is 0 Å². The molecule has 0 saturated carbocycles. The third kappa shape index (κ3) is 3.37. The molecule has 0 aliphatic carbocycles. The smallest absolute Gasteiger partial charge is 0.158 e. The third-order valence-corrected chi connectivity index (χ3v) is 1.63. The van der Waals surface area contributed by atoms with Crippen molar-refractivity contribution in [2.24, 2.45) is 0 Å². The van der Waals surface area contributed by atoms with Gasteiger partial charge in [-0.15, -0.1) is 0 Å². The molecular formula is C9H13N5. The van der Waals surface area contributed by atoms with Crippen LogP contribution < -0.4 is 5.32 Å². The summed E-state index contributed by atoms with van der Waals surface area (Å²) in [6.45, 7) is 1.75. The first-order valence-electron chi connectivity index (χ1n) is 4.33. The Morgan fingerprint density at radius 3 is 2.71 bits per heavy atom. The fraction of sp³-hybridized carbons (Fsp3) is 0.444. The van der Waals surface area contributed by atoms with Crippen molar-refractivity contribution in [1.29, 1.82) is 5.26 Å². The molecule has 0 fully saturated rings. The fourth-order valence-corrected chi connectivity index (χ4v) is 0.885. The Kier molecular flexibility index (Phi) is 3.83. The van der Waals surface area contributed by atoms with Gasteiger partial charge in [0.25, 0.3) is 0 Å². The highest BCUT2D eigenvalue weighted by molar-refractivity contribution is 5.32. The molecule has 1 aromatic rings. The van der Waals surface area contributed by atoms with Crippen LogP contribution in [0.15, 0.2) is 12.4 Å². The summed E-state index contributed by atoms with van der Waals surface area (Å²) in [6, 6.07) is 1.92. The van der Waals surface area contributed by atoms with Gasteiger partial charge in [0.1, 0.15) is 11.9 Å². The molecule has 1 heterocycles. The van der Waals surface area contributed by atoms with Gasteiger partial charge >= 0.3 is 0 Å². The molecule has 0 spiro atoms. The molecule has 0 saturated heterocycles. The van der Waals surface area contributed by atoms with Crippen molar-refractivity contribution in [2.45, 2.75) is 0 Å². The van der Waals surface area contributed by atoms with Crippen LogP contribution in [0.4, 0.5) is 5.82 Å². The van der Waals surface area contributed by atoms with Gasteiger partial charge in [-0.1, -0.05) is 0 Å². The quantitative estimate of drug-likeness (QED) is 0.742. The summed E-state index contributed by atoms with van der Waals surface area (Å²) in [4.78, 5) is 10.0. The van der Waals surface area contributed by atoms with Crippen LogP contribution in [0.25, 0.3) is 0 Å². The zero-order valence-corrected chi connectivity index (χ0v) is 8.36. The number of likely N-dealkylation sites (N-methyl/N-ethyl adjacent to an activating group) is 1. The molecule has 0 bridgehead atoms. The Bertz CT molecular complexity index is 311. The van der Waals surface area contributed by atoms with Crippen LogP contribution in [0.2, 0.25) is 0 Å². The van der Waals surface area contributed by atoms with Crippen LogP contribution in [-0.2, 0) is 0 Å². The van der Waals surface area contributed by atoms with Crippen molar-refractivity contribution in [3.8, 4) is 6.07 Å². The predicted octanol–water partition coefficient (Wildman–Crippen LogP) is 0.322. The van der Waals surface area contributed by atoms with E-state index in [1.54, 1.807) is 6.20 Å². The van der Waals surface area contributed by atoms with E-state index in [9.17, 15) is 0 Å². The van der Waals surface area contributed by atoms with E-state index in [1.807, 2.05) is 20.2 Å². The average Bonchev–Trinajstić information content (AvgIpc) is 2.18. The van der Waals surface area contributed by atoms with Gasteiger partial charge in [0.15, 0.2) is 5.69 Å². The Labute approximate surface area is 83.4 Å². The Hall–Kier alpha value is -1.67. The van der Waals surface area contributed by atoms with Gasteiger partial charge in [0, 0.05) is 13.1 Å². The van der Waals surface area contributed by atoms with Gasteiger partial charge in [0.2, 0.25) is 0 Å². The fourth-order valence-electron chi connectivity index (χ4n) is 0.885. The second kappa shape index (κ2) is 5.14. The van der Waals surface area contributed by atoms with E-state index in [1.165, 1.54) is 6.20 Å². The summed E-state index contributed by atoms with van der Waals surface area (Å²) in [5, 5.41) is 11.6. The van der Waals surface area contributed by atoms with Crippen molar-refractivity contribution >= 4 is 5.82 Å². The maximum atomic E-state index is 8.50. The molecule has 14 heavy (non-hydrogen) atoms. The molecule has 0 aliphatic heterocycles. The highest BCUT2D eigenvalue weighted by Crippen LogP contribution is 1.98. The summed E-state index contributed by atoms with van der Waals surface area (Å²) in [6.07, 6.45) is 3.02. The minimum absolute atomic E-state index is 0.336. The molecular weight excluding hydrogens is 178 g/mol. The number of hydrogen-bond donors (Lipinski definition) is 1. The second-order valence-corrected chi connectivity index (χ2v) is 3.13. The zero-order valence-electron chi connectivity index (χ0n) is 8.36. The monoisotopic (exact) mass is 191 g/mol. The number of nitrogens with one attached hydrogen (secondary N) is 1. The Morgan fingerprint density at radius 1 is 1.43 bits per heavy atom. The number of nitrogens with zero attached hydrogens (tertiary/aromatic N) is 4. The second-order valence-electron chi connectivity index (χ2n) is 3.13. The van der Waals surface area contributed by atoms with Gasteiger partial charge in [0.05, 0.1) is 12.4 Å². The number of anilines is 1. The molecule has 5 heteroatoms. The van der Waals surface area contributed by atoms with Gasteiger partial charge < -0.3 is 10.2 Å². The largest absolute Gasteiger partial charge is 0.368 e. The molecule has 74 valence electrons. The first-order valence-corrected chi connectivity index (χ1v) is 4.33.